The number of thioether (sulfide) groups is 1. The molecule has 5 heteroatoms. The number of amides is 1. The van der Waals surface area contributed by atoms with E-state index in [1.165, 1.54) is 22.8 Å². The van der Waals surface area contributed by atoms with E-state index in [9.17, 15) is 4.79 Å². The Bertz CT molecular complexity index is 1110. The van der Waals surface area contributed by atoms with E-state index in [-0.39, 0.29) is 5.91 Å². The summed E-state index contributed by atoms with van der Waals surface area (Å²) in [7, 11) is 0. The summed E-state index contributed by atoms with van der Waals surface area (Å²) in [5.41, 5.74) is 5.31. The lowest BCUT2D eigenvalue weighted by molar-refractivity contribution is -0.113. The van der Waals surface area contributed by atoms with Crippen LogP contribution < -0.4 is 4.90 Å². The van der Waals surface area contributed by atoms with Crippen molar-refractivity contribution in [2.75, 3.05) is 4.90 Å². The molecule has 136 valence electrons. The van der Waals surface area contributed by atoms with Crippen LogP contribution in [0.2, 0.25) is 0 Å². The molecule has 2 heterocycles. The Morgan fingerprint density at radius 2 is 1.93 bits per heavy atom. The summed E-state index contributed by atoms with van der Waals surface area (Å²) >= 11 is 6.90. The first kappa shape index (κ1) is 18.0. The molecule has 1 aliphatic rings. The molecular weight excluding hydrogens is 372 g/mol. The minimum Gasteiger partial charge on any atom is -0.347 e. The zero-order valence-corrected chi connectivity index (χ0v) is 17.2. The van der Waals surface area contributed by atoms with E-state index < -0.39 is 0 Å². The average molecular weight is 393 g/mol. The van der Waals surface area contributed by atoms with Gasteiger partial charge in [-0.1, -0.05) is 59.9 Å². The fraction of sp³-hybridized carbons (Fsp3) is 0.182. The van der Waals surface area contributed by atoms with Gasteiger partial charge in [-0.05, 0) is 44.5 Å². The predicted molar refractivity (Wildman–Crippen MR) is 119 cm³/mol. The fourth-order valence-electron chi connectivity index (χ4n) is 3.52. The molecule has 1 amide bonds. The largest absolute Gasteiger partial charge is 0.347 e. The van der Waals surface area contributed by atoms with Crippen LogP contribution in [0.1, 0.15) is 23.6 Å². The second-order valence-electron chi connectivity index (χ2n) is 6.69. The minimum absolute atomic E-state index is 0.0507. The maximum absolute atomic E-state index is 13.1. The highest BCUT2D eigenvalue weighted by Gasteiger charge is 2.34. The SMILES string of the molecule is CCn1cc(/C=C2/SC(=S)N(c3ccc(C)cc3C)C2=O)c2ccccc21. The maximum Gasteiger partial charge on any atom is 0.270 e. The summed E-state index contributed by atoms with van der Waals surface area (Å²) in [4.78, 5) is 15.4. The Labute approximate surface area is 168 Å². The molecule has 2 aromatic carbocycles. The van der Waals surface area contributed by atoms with Gasteiger partial charge in [-0.3, -0.25) is 9.69 Å². The van der Waals surface area contributed by atoms with Crippen molar-refractivity contribution in [2.45, 2.75) is 27.3 Å². The van der Waals surface area contributed by atoms with Crippen molar-refractivity contribution in [1.82, 2.24) is 4.57 Å². The van der Waals surface area contributed by atoms with Crippen LogP contribution in [-0.4, -0.2) is 14.8 Å². The first-order valence-corrected chi connectivity index (χ1v) is 10.1. The molecule has 1 aromatic heterocycles. The number of nitrogens with zero attached hydrogens (tertiary/aromatic N) is 2. The summed E-state index contributed by atoms with van der Waals surface area (Å²) in [6.07, 6.45) is 4.08. The van der Waals surface area contributed by atoms with Gasteiger partial charge in [0.15, 0.2) is 4.32 Å². The molecule has 3 nitrogen and oxygen atoms in total. The van der Waals surface area contributed by atoms with E-state index in [4.69, 9.17) is 12.2 Å². The summed E-state index contributed by atoms with van der Waals surface area (Å²) in [5.74, 6) is -0.0507. The highest BCUT2D eigenvalue weighted by Crippen LogP contribution is 2.38. The molecule has 4 rings (SSSR count). The third-order valence-electron chi connectivity index (χ3n) is 4.83. The second kappa shape index (κ2) is 6.98. The smallest absolute Gasteiger partial charge is 0.270 e. The molecule has 0 N–H and O–H groups in total. The topological polar surface area (TPSA) is 25.2 Å². The number of carbonyl (C=O) groups excluding carboxylic acids is 1. The quantitative estimate of drug-likeness (QED) is 0.423. The van der Waals surface area contributed by atoms with E-state index in [0.29, 0.717) is 9.23 Å². The molecule has 0 unspecified atom stereocenters. The molecule has 1 fully saturated rings. The molecule has 0 saturated carbocycles. The van der Waals surface area contributed by atoms with Gasteiger partial charge in [-0.25, -0.2) is 0 Å². The molecule has 0 radical (unpaired) electrons. The number of fused-ring (bicyclic) bond motifs is 1. The normalized spacial score (nSPS) is 16.1. The summed E-state index contributed by atoms with van der Waals surface area (Å²) in [6.45, 7) is 7.07. The molecule has 0 atom stereocenters. The van der Waals surface area contributed by atoms with Crippen LogP contribution in [0.3, 0.4) is 0 Å². The van der Waals surface area contributed by atoms with Crippen molar-refractivity contribution in [1.29, 1.82) is 0 Å². The number of carbonyl (C=O) groups is 1. The monoisotopic (exact) mass is 392 g/mol. The molecule has 1 aliphatic heterocycles. The second-order valence-corrected chi connectivity index (χ2v) is 8.37. The van der Waals surface area contributed by atoms with Gasteiger partial charge < -0.3 is 4.57 Å². The number of aromatic nitrogens is 1. The lowest BCUT2D eigenvalue weighted by atomic mass is 10.1. The molecule has 1 saturated heterocycles. The Kier molecular flexibility index (Phi) is 4.66. The van der Waals surface area contributed by atoms with Gasteiger partial charge in [0.1, 0.15) is 0 Å². The third kappa shape index (κ3) is 3.11. The Hall–Kier alpha value is -2.37. The van der Waals surface area contributed by atoms with Crippen molar-refractivity contribution >= 4 is 56.9 Å². The standard InChI is InChI=1S/C22H20N2OS2/c1-4-23-13-16(17-7-5-6-8-19(17)23)12-20-21(25)24(22(26)27-20)18-10-9-14(2)11-15(18)3/h5-13H,4H2,1-3H3/b20-12+. The third-order valence-corrected chi connectivity index (χ3v) is 6.14. The van der Waals surface area contributed by atoms with Gasteiger partial charge in [-0.2, -0.15) is 0 Å². The Morgan fingerprint density at radius 1 is 1.15 bits per heavy atom. The molecule has 0 bridgehead atoms. The molecular formula is C22H20N2OS2. The van der Waals surface area contributed by atoms with E-state index in [1.54, 1.807) is 4.90 Å². The zero-order valence-electron chi connectivity index (χ0n) is 15.5. The summed E-state index contributed by atoms with van der Waals surface area (Å²) in [5, 5.41) is 1.15. The van der Waals surface area contributed by atoms with Crippen molar-refractivity contribution in [3.63, 3.8) is 0 Å². The van der Waals surface area contributed by atoms with Gasteiger partial charge in [0.25, 0.3) is 5.91 Å². The first-order valence-electron chi connectivity index (χ1n) is 8.92. The molecule has 0 aliphatic carbocycles. The Balaban J connectivity index is 1.76. The molecule has 27 heavy (non-hydrogen) atoms. The van der Waals surface area contributed by atoms with E-state index in [2.05, 4.69) is 35.9 Å². The van der Waals surface area contributed by atoms with E-state index in [0.717, 1.165) is 28.7 Å². The van der Waals surface area contributed by atoms with Crippen LogP contribution >= 0.6 is 24.0 Å². The van der Waals surface area contributed by atoms with Gasteiger partial charge >= 0.3 is 0 Å². The number of para-hydroxylation sites is 1. The predicted octanol–water partition coefficient (Wildman–Crippen LogP) is 5.68. The highest BCUT2D eigenvalue weighted by atomic mass is 32.2. The molecule has 3 aromatic rings. The van der Waals surface area contributed by atoms with Crippen LogP contribution in [0, 0.1) is 13.8 Å². The van der Waals surface area contributed by atoms with E-state index >= 15 is 0 Å². The number of hydrogen-bond donors (Lipinski definition) is 0. The number of aryl methyl sites for hydroxylation is 3. The number of rotatable bonds is 3. The van der Waals surface area contributed by atoms with Gasteiger partial charge in [0.2, 0.25) is 0 Å². The van der Waals surface area contributed by atoms with Crippen LogP contribution in [0.15, 0.2) is 53.6 Å². The van der Waals surface area contributed by atoms with Crippen molar-refractivity contribution < 1.29 is 4.79 Å². The van der Waals surface area contributed by atoms with Crippen molar-refractivity contribution in [3.8, 4) is 0 Å². The number of thiocarbonyl (C=S) groups is 1. The van der Waals surface area contributed by atoms with Crippen LogP contribution in [0.4, 0.5) is 5.69 Å². The summed E-state index contributed by atoms with van der Waals surface area (Å²) in [6, 6.07) is 14.3. The summed E-state index contributed by atoms with van der Waals surface area (Å²) < 4.78 is 2.78. The van der Waals surface area contributed by atoms with Gasteiger partial charge in [0, 0.05) is 29.2 Å². The zero-order chi connectivity index (χ0) is 19.1. The average Bonchev–Trinajstić information content (AvgIpc) is 3.14. The van der Waals surface area contributed by atoms with Crippen molar-refractivity contribution in [2.24, 2.45) is 0 Å². The molecule has 0 spiro atoms. The number of benzene rings is 2. The lowest BCUT2D eigenvalue weighted by Gasteiger charge is -2.17. The van der Waals surface area contributed by atoms with Gasteiger partial charge in [-0.15, -0.1) is 0 Å². The Morgan fingerprint density at radius 3 is 2.67 bits per heavy atom. The number of hydrogen-bond acceptors (Lipinski definition) is 3. The lowest BCUT2D eigenvalue weighted by Crippen LogP contribution is -2.28. The van der Waals surface area contributed by atoms with Crippen molar-refractivity contribution in [3.05, 3.63) is 70.3 Å². The maximum atomic E-state index is 13.1. The van der Waals surface area contributed by atoms with E-state index in [1.807, 2.05) is 44.2 Å². The number of anilines is 1. The first-order chi connectivity index (χ1) is 13.0. The van der Waals surface area contributed by atoms with Gasteiger partial charge in [0.05, 0.1) is 10.6 Å². The highest BCUT2D eigenvalue weighted by molar-refractivity contribution is 8.27. The van der Waals surface area contributed by atoms with Crippen LogP contribution in [0.5, 0.6) is 0 Å². The fourth-order valence-corrected chi connectivity index (χ4v) is 4.80. The van der Waals surface area contributed by atoms with Crippen LogP contribution in [0.25, 0.3) is 17.0 Å². The van der Waals surface area contributed by atoms with Crippen LogP contribution in [-0.2, 0) is 11.3 Å². The minimum atomic E-state index is -0.0507.